The Morgan fingerprint density at radius 3 is 2.70 bits per heavy atom. The van der Waals surface area contributed by atoms with Crippen LogP contribution in [0, 0.1) is 0 Å². The predicted molar refractivity (Wildman–Crippen MR) is 78.9 cm³/mol. The van der Waals surface area contributed by atoms with Crippen LogP contribution in [0.4, 0.5) is 0 Å². The summed E-state index contributed by atoms with van der Waals surface area (Å²) in [5.41, 5.74) is 6.52. The third kappa shape index (κ3) is 5.48. The standard InChI is InChI=1S/C15H24N2O3/c1-4-7-19-13-6-5-12(9-16)14(8-13)20-10-15(18)17-11(2)3/h5-6,8,11H,4,7,9-10,16H2,1-3H3,(H,17,18). The average molecular weight is 280 g/mol. The second-order valence-electron chi connectivity index (χ2n) is 4.83. The number of carbonyl (C=O) groups is 1. The Balaban J connectivity index is 2.68. The molecule has 112 valence electrons. The fraction of sp³-hybridized carbons (Fsp3) is 0.533. The van der Waals surface area contributed by atoms with Gasteiger partial charge in [0.25, 0.3) is 5.91 Å². The first kappa shape index (κ1) is 16.3. The van der Waals surface area contributed by atoms with Crippen LogP contribution in [0.5, 0.6) is 11.5 Å². The molecule has 0 aliphatic carbocycles. The van der Waals surface area contributed by atoms with Crippen LogP contribution in [-0.4, -0.2) is 25.2 Å². The molecule has 0 aliphatic rings. The van der Waals surface area contributed by atoms with E-state index in [1.807, 2.05) is 32.9 Å². The van der Waals surface area contributed by atoms with Crippen LogP contribution >= 0.6 is 0 Å². The largest absolute Gasteiger partial charge is 0.493 e. The van der Waals surface area contributed by atoms with Gasteiger partial charge < -0.3 is 20.5 Å². The zero-order valence-electron chi connectivity index (χ0n) is 12.4. The second-order valence-corrected chi connectivity index (χ2v) is 4.83. The Bertz CT molecular complexity index is 433. The minimum Gasteiger partial charge on any atom is -0.493 e. The van der Waals surface area contributed by atoms with Crippen molar-refractivity contribution in [3.05, 3.63) is 23.8 Å². The number of benzene rings is 1. The van der Waals surface area contributed by atoms with Gasteiger partial charge in [-0.15, -0.1) is 0 Å². The summed E-state index contributed by atoms with van der Waals surface area (Å²) in [6, 6.07) is 5.60. The second kappa shape index (κ2) is 8.43. The lowest BCUT2D eigenvalue weighted by atomic mass is 10.2. The van der Waals surface area contributed by atoms with Gasteiger partial charge in [0.05, 0.1) is 6.61 Å². The summed E-state index contributed by atoms with van der Waals surface area (Å²) >= 11 is 0. The van der Waals surface area contributed by atoms with Crippen molar-refractivity contribution < 1.29 is 14.3 Å². The Kier molecular flexibility index (Phi) is 6.87. The maximum atomic E-state index is 11.6. The van der Waals surface area contributed by atoms with E-state index in [1.54, 1.807) is 6.07 Å². The SMILES string of the molecule is CCCOc1ccc(CN)c(OCC(=O)NC(C)C)c1. The first-order chi connectivity index (χ1) is 9.56. The zero-order valence-corrected chi connectivity index (χ0v) is 12.4. The molecule has 5 heteroatoms. The zero-order chi connectivity index (χ0) is 15.0. The molecule has 0 unspecified atom stereocenters. The molecule has 0 heterocycles. The van der Waals surface area contributed by atoms with E-state index in [-0.39, 0.29) is 18.6 Å². The highest BCUT2D eigenvalue weighted by Gasteiger charge is 2.08. The lowest BCUT2D eigenvalue weighted by Crippen LogP contribution is -2.34. The van der Waals surface area contributed by atoms with Crippen LogP contribution < -0.4 is 20.5 Å². The van der Waals surface area contributed by atoms with Gasteiger partial charge in [-0.1, -0.05) is 13.0 Å². The van der Waals surface area contributed by atoms with Gasteiger partial charge in [0.1, 0.15) is 11.5 Å². The van der Waals surface area contributed by atoms with Gasteiger partial charge in [-0.05, 0) is 26.3 Å². The molecule has 0 saturated heterocycles. The first-order valence-corrected chi connectivity index (χ1v) is 6.94. The van der Waals surface area contributed by atoms with E-state index in [9.17, 15) is 4.79 Å². The minimum absolute atomic E-state index is 0.0254. The normalized spacial score (nSPS) is 10.4. The number of nitrogens with two attached hydrogens (primary N) is 1. The van der Waals surface area contributed by atoms with Crippen molar-refractivity contribution in [3.63, 3.8) is 0 Å². The predicted octanol–water partition coefficient (Wildman–Crippen LogP) is 1.84. The number of hydrogen-bond donors (Lipinski definition) is 2. The first-order valence-electron chi connectivity index (χ1n) is 6.94. The van der Waals surface area contributed by atoms with Crippen molar-refractivity contribution in [3.8, 4) is 11.5 Å². The fourth-order valence-corrected chi connectivity index (χ4v) is 1.65. The molecular formula is C15H24N2O3. The van der Waals surface area contributed by atoms with Gasteiger partial charge in [-0.25, -0.2) is 0 Å². The summed E-state index contributed by atoms with van der Waals surface area (Å²) in [6.45, 7) is 6.83. The maximum absolute atomic E-state index is 11.6. The van der Waals surface area contributed by atoms with E-state index in [4.69, 9.17) is 15.2 Å². The lowest BCUT2D eigenvalue weighted by Gasteiger charge is -2.13. The third-order valence-corrected chi connectivity index (χ3v) is 2.54. The Labute approximate surface area is 120 Å². The summed E-state index contributed by atoms with van der Waals surface area (Å²) in [4.78, 5) is 11.6. The summed E-state index contributed by atoms with van der Waals surface area (Å²) in [5, 5.41) is 2.77. The Morgan fingerprint density at radius 1 is 1.35 bits per heavy atom. The molecule has 0 atom stereocenters. The van der Waals surface area contributed by atoms with Crippen LogP contribution in [0.1, 0.15) is 32.8 Å². The minimum atomic E-state index is -0.150. The van der Waals surface area contributed by atoms with E-state index in [1.165, 1.54) is 0 Å². The molecule has 1 aromatic rings. The highest BCUT2D eigenvalue weighted by Crippen LogP contribution is 2.24. The van der Waals surface area contributed by atoms with Crippen molar-refractivity contribution >= 4 is 5.91 Å². The van der Waals surface area contributed by atoms with Crippen LogP contribution in [-0.2, 0) is 11.3 Å². The molecular weight excluding hydrogens is 256 g/mol. The Hall–Kier alpha value is -1.75. The van der Waals surface area contributed by atoms with Gasteiger partial charge in [0.15, 0.2) is 6.61 Å². The van der Waals surface area contributed by atoms with Crippen LogP contribution in [0.25, 0.3) is 0 Å². The molecule has 1 amide bonds. The molecule has 0 aromatic heterocycles. The number of nitrogens with one attached hydrogen (secondary N) is 1. The molecule has 0 radical (unpaired) electrons. The number of hydrogen-bond acceptors (Lipinski definition) is 4. The number of ether oxygens (including phenoxy) is 2. The highest BCUT2D eigenvalue weighted by molar-refractivity contribution is 5.77. The third-order valence-electron chi connectivity index (χ3n) is 2.54. The fourth-order valence-electron chi connectivity index (χ4n) is 1.65. The molecule has 20 heavy (non-hydrogen) atoms. The van der Waals surface area contributed by atoms with Gasteiger partial charge in [-0.2, -0.15) is 0 Å². The van der Waals surface area contributed by atoms with Gasteiger partial charge in [0.2, 0.25) is 0 Å². The molecule has 5 nitrogen and oxygen atoms in total. The molecule has 1 rings (SSSR count). The summed E-state index contributed by atoms with van der Waals surface area (Å²) in [5.74, 6) is 1.17. The van der Waals surface area contributed by atoms with E-state index in [0.717, 1.165) is 17.7 Å². The average Bonchev–Trinajstić information content (AvgIpc) is 2.42. The molecule has 0 fully saturated rings. The summed E-state index contributed by atoms with van der Waals surface area (Å²) < 4.78 is 11.1. The molecule has 1 aromatic carbocycles. The molecule has 0 spiro atoms. The van der Waals surface area contributed by atoms with Crippen LogP contribution in [0.2, 0.25) is 0 Å². The van der Waals surface area contributed by atoms with Gasteiger partial charge in [0, 0.05) is 24.2 Å². The van der Waals surface area contributed by atoms with E-state index in [2.05, 4.69) is 5.32 Å². The highest BCUT2D eigenvalue weighted by atomic mass is 16.5. The quantitative estimate of drug-likeness (QED) is 0.762. The lowest BCUT2D eigenvalue weighted by molar-refractivity contribution is -0.123. The van der Waals surface area contributed by atoms with Crippen molar-refractivity contribution in [2.24, 2.45) is 5.73 Å². The smallest absolute Gasteiger partial charge is 0.258 e. The summed E-state index contributed by atoms with van der Waals surface area (Å²) in [6.07, 6.45) is 0.936. The molecule has 0 bridgehead atoms. The van der Waals surface area contributed by atoms with Crippen LogP contribution in [0.15, 0.2) is 18.2 Å². The van der Waals surface area contributed by atoms with E-state index in [0.29, 0.717) is 18.9 Å². The van der Waals surface area contributed by atoms with Crippen molar-refractivity contribution in [1.82, 2.24) is 5.32 Å². The van der Waals surface area contributed by atoms with Crippen LogP contribution in [0.3, 0.4) is 0 Å². The monoisotopic (exact) mass is 280 g/mol. The van der Waals surface area contributed by atoms with Crippen molar-refractivity contribution in [2.75, 3.05) is 13.2 Å². The van der Waals surface area contributed by atoms with E-state index >= 15 is 0 Å². The van der Waals surface area contributed by atoms with Crippen molar-refractivity contribution in [2.45, 2.75) is 39.8 Å². The van der Waals surface area contributed by atoms with Gasteiger partial charge in [-0.3, -0.25) is 4.79 Å². The maximum Gasteiger partial charge on any atom is 0.258 e. The number of amides is 1. The van der Waals surface area contributed by atoms with Gasteiger partial charge >= 0.3 is 0 Å². The number of rotatable bonds is 8. The summed E-state index contributed by atoms with van der Waals surface area (Å²) in [7, 11) is 0. The molecule has 0 aliphatic heterocycles. The molecule has 0 saturated carbocycles. The number of carbonyl (C=O) groups excluding carboxylic acids is 1. The Morgan fingerprint density at radius 2 is 2.10 bits per heavy atom. The van der Waals surface area contributed by atoms with Crippen molar-refractivity contribution in [1.29, 1.82) is 0 Å². The topological polar surface area (TPSA) is 73.6 Å². The molecule has 3 N–H and O–H groups in total. The van der Waals surface area contributed by atoms with E-state index < -0.39 is 0 Å².